The Balaban J connectivity index is 1.80. The monoisotopic (exact) mass is 385 g/mol. The standard InChI is InChI=1S/C19H13Cl2N3O2/c20-12-3-7-14(8-4-12)23-18(25)16-2-1-11-22-17(16)19(26)24-15-9-5-13(21)6-10-15/h1-11H,(H,23,25)(H,24,26). The van der Waals surface area contributed by atoms with Crippen molar-refractivity contribution >= 4 is 46.4 Å². The van der Waals surface area contributed by atoms with Gasteiger partial charge < -0.3 is 10.6 Å². The van der Waals surface area contributed by atoms with Crippen molar-refractivity contribution in [3.63, 3.8) is 0 Å². The number of aromatic nitrogens is 1. The smallest absolute Gasteiger partial charge is 0.275 e. The fraction of sp³-hybridized carbons (Fsp3) is 0. The Kier molecular flexibility index (Phi) is 5.51. The third kappa shape index (κ3) is 4.39. The first-order valence-corrected chi connectivity index (χ1v) is 8.37. The molecule has 0 fully saturated rings. The summed E-state index contributed by atoms with van der Waals surface area (Å²) in [4.78, 5) is 29.1. The van der Waals surface area contributed by atoms with Crippen molar-refractivity contribution in [2.45, 2.75) is 0 Å². The Morgan fingerprint density at radius 3 is 1.77 bits per heavy atom. The van der Waals surface area contributed by atoms with Crippen LogP contribution in [0.1, 0.15) is 20.8 Å². The molecule has 0 aliphatic heterocycles. The van der Waals surface area contributed by atoms with Crippen LogP contribution in [0.3, 0.4) is 0 Å². The van der Waals surface area contributed by atoms with Gasteiger partial charge in [0.2, 0.25) is 0 Å². The minimum absolute atomic E-state index is 0.0221. The van der Waals surface area contributed by atoms with Gasteiger partial charge >= 0.3 is 0 Å². The molecular weight excluding hydrogens is 373 g/mol. The summed E-state index contributed by atoms with van der Waals surface area (Å²) in [7, 11) is 0. The summed E-state index contributed by atoms with van der Waals surface area (Å²) in [6.07, 6.45) is 1.45. The molecule has 0 aliphatic carbocycles. The molecule has 0 spiro atoms. The van der Waals surface area contributed by atoms with E-state index >= 15 is 0 Å². The quantitative estimate of drug-likeness (QED) is 0.671. The van der Waals surface area contributed by atoms with Crippen molar-refractivity contribution < 1.29 is 9.59 Å². The van der Waals surface area contributed by atoms with Gasteiger partial charge in [-0.2, -0.15) is 0 Å². The number of pyridine rings is 1. The van der Waals surface area contributed by atoms with E-state index in [1.54, 1.807) is 54.6 Å². The molecule has 2 amide bonds. The highest BCUT2D eigenvalue weighted by Gasteiger charge is 2.18. The van der Waals surface area contributed by atoms with Crippen LogP contribution in [0.4, 0.5) is 11.4 Å². The van der Waals surface area contributed by atoms with Crippen LogP contribution in [-0.2, 0) is 0 Å². The zero-order chi connectivity index (χ0) is 18.5. The van der Waals surface area contributed by atoms with Gasteiger partial charge in [-0.15, -0.1) is 0 Å². The molecule has 3 rings (SSSR count). The third-order valence-corrected chi connectivity index (χ3v) is 3.98. The third-order valence-electron chi connectivity index (χ3n) is 3.47. The minimum Gasteiger partial charge on any atom is -0.322 e. The molecule has 2 N–H and O–H groups in total. The average molecular weight is 386 g/mol. The maximum atomic E-state index is 12.5. The molecule has 130 valence electrons. The molecule has 1 aromatic heterocycles. The number of nitrogens with one attached hydrogen (secondary N) is 2. The van der Waals surface area contributed by atoms with Crippen LogP contribution in [0.2, 0.25) is 10.0 Å². The molecule has 0 aliphatic rings. The lowest BCUT2D eigenvalue weighted by Gasteiger charge is -2.10. The second-order valence-corrected chi connectivity index (χ2v) is 6.19. The van der Waals surface area contributed by atoms with E-state index in [2.05, 4.69) is 15.6 Å². The summed E-state index contributed by atoms with van der Waals surface area (Å²) in [5, 5.41) is 6.53. The van der Waals surface area contributed by atoms with Crippen LogP contribution in [0, 0.1) is 0 Å². The number of benzene rings is 2. The van der Waals surface area contributed by atoms with Gasteiger partial charge in [0.15, 0.2) is 0 Å². The number of halogens is 2. The minimum atomic E-state index is -0.492. The lowest BCUT2D eigenvalue weighted by atomic mass is 10.1. The summed E-state index contributed by atoms with van der Waals surface area (Å²) in [6.45, 7) is 0. The number of nitrogens with zero attached hydrogens (tertiary/aromatic N) is 1. The Morgan fingerprint density at radius 1 is 0.731 bits per heavy atom. The van der Waals surface area contributed by atoms with Gasteiger partial charge in [-0.25, -0.2) is 0 Å². The zero-order valence-corrected chi connectivity index (χ0v) is 14.9. The number of amides is 2. The Morgan fingerprint density at radius 2 is 1.23 bits per heavy atom. The SMILES string of the molecule is O=C(Nc1ccc(Cl)cc1)c1cccnc1C(=O)Nc1ccc(Cl)cc1. The second kappa shape index (κ2) is 7.99. The van der Waals surface area contributed by atoms with Crippen LogP contribution >= 0.6 is 23.2 Å². The lowest BCUT2D eigenvalue weighted by molar-refractivity contribution is 0.0987. The van der Waals surface area contributed by atoms with Gasteiger partial charge in [0.1, 0.15) is 5.69 Å². The molecule has 0 saturated carbocycles. The first-order valence-electron chi connectivity index (χ1n) is 7.62. The normalized spacial score (nSPS) is 10.2. The number of rotatable bonds is 4. The first-order chi connectivity index (χ1) is 12.5. The Hall–Kier alpha value is -2.89. The number of carbonyl (C=O) groups excluding carboxylic acids is 2. The summed E-state index contributed by atoms with van der Waals surface area (Å²) < 4.78 is 0. The van der Waals surface area contributed by atoms with Gasteiger partial charge in [-0.3, -0.25) is 14.6 Å². The molecule has 2 aromatic carbocycles. The van der Waals surface area contributed by atoms with Crippen LogP contribution in [0.15, 0.2) is 66.9 Å². The van der Waals surface area contributed by atoms with Gasteiger partial charge in [-0.05, 0) is 60.7 Å². The highest BCUT2D eigenvalue weighted by atomic mass is 35.5. The van der Waals surface area contributed by atoms with E-state index in [0.29, 0.717) is 21.4 Å². The van der Waals surface area contributed by atoms with Gasteiger partial charge in [0, 0.05) is 27.6 Å². The van der Waals surface area contributed by atoms with Crippen molar-refractivity contribution in [3.8, 4) is 0 Å². The molecule has 0 unspecified atom stereocenters. The van der Waals surface area contributed by atoms with Gasteiger partial charge in [0.05, 0.1) is 5.56 Å². The van der Waals surface area contributed by atoms with Crippen LogP contribution in [0.5, 0.6) is 0 Å². The van der Waals surface area contributed by atoms with E-state index in [4.69, 9.17) is 23.2 Å². The fourth-order valence-corrected chi connectivity index (χ4v) is 2.48. The van der Waals surface area contributed by atoms with Crippen molar-refractivity contribution in [1.82, 2.24) is 4.98 Å². The lowest BCUT2D eigenvalue weighted by Crippen LogP contribution is -2.21. The summed E-state index contributed by atoms with van der Waals surface area (Å²) in [6, 6.07) is 16.4. The van der Waals surface area contributed by atoms with Gasteiger partial charge in [0.25, 0.3) is 11.8 Å². The predicted octanol–water partition coefficient (Wildman–Crippen LogP) is 4.89. The highest BCUT2D eigenvalue weighted by Crippen LogP contribution is 2.17. The van der Waals surface area contributed by atoms with E-state index in [9.17, 15) is 9.59 Å². The molecule has 0 atom stereocenters. The van der Waals surface area contributed by atoms with Crippen molar-refractivity contribution in [2.75, 3.05) is 10.6 Å². The Bertz CT molecular complexity index is 863. The van der Waals surface area contributed by atoms with E-state index in [1.165, 1.54) is 12.3 Å². The predicted molar refractivity (Wildman–Crippen MR) is 103 cm³/mol. The maximum Gasteiger partial charge on any atom is 0.275 e. The number of carbonyl (C=O) groups is 2. The summed E-state index contributed by atoms with van der Waals surface area (Å²) in [5.41, 5.74) is 1.30. The molecule has 26 heavy (non-hydrogen) atoms. The van der Waals surface area contributed by atoms with Crippen molar-refractivity contribution in [1.29, 1.82) is 0 Å². The molecule has 3 aromatic rings. The van der Waals surface area contributed by atoms with Crippen LogP contribution in [-0.4, -0.2) is 16.8 Å². The van der Waals surface area contributed by atoms with Crippen molar-refractivity contribution in [2.24, 2.45) is 0 Å². The van der Waals surface area contributed by atoms with Crippen LogP contribution < -0.4 is 10.6 Å². The maximum absolute atomic E-state index is 12.5. The van der Waals surface area contributed by atoms with Crippen LogP contribution in [0.25, 0.3) is 0 Å². The molecular formula is C19H13Cl2N3O2. The van der Waals surface area contributed by atoms with E-state index in [-0.39, 0.29) is 11.3 Å². The zero-order valence-electron chi connectivity index (χ0n) is 13.4. The number of hydrogen-bond acceptors (Lipinski definition) is 3. The van der Waals surface area contributed by atoms with Crippen molar-refractivity contribution in [3.05, 3.63) is 88.2 Å². The second-order valence-electron chi connectivity index (χ2n) is 5.32. The van der Waals surface area contributed by atoms with E-state index in [0.717, 1.165) is 0 Å². The number of hydrogen-bond donors (Lipinski definition) is 2. The average Bonchev–Trinajstić information content (AvgIpc) is 2.65. The molecule has 5 nitrogen and oxygen atoms in total. The summed E-state index contributed by atoms with van der Waals surface area (Å²) in [5.74, 6) is -0.934. The highest BCUT2D eigenvalue weighted by molar-refractivity contribution is 6.31. The molecule has 0 bridgehead atoms. The van der Waals surface area contributed by atoms with E-state index in [1.807, 2.05) is 0 Å². The topological polar surface area (TPSA) is 71.1 Å². The first kappa shape index (κ1) is 17.9. The molecule has 7 heteroatoms. The molecule has 0 saturated heterocycles. The Labute approximate surface area is 160 Å². The van der Waals surface area contributed by atoms with E-state index < -0.39 is 11.8 Å². The fourth-order valence-electron chi connectivity index (χ4n) is 2.22. The summed E-state index contributed by atoms with van der Waals surface area (Å²) >= 11 is 11.7. The molecule has 0 radical (unpaired) electrons. The largest absolute Gasteiger partial charge is 0.322 e. The molecule has 1 heterocycles. The van der Waals surface area contributed by atoms with Gasteiger partial charge in [-0.1, -0.05) is 23.2 Å². The number of anilines is 2.